The van der Waals surface area contributed by atoms with E-state index in [-0.39, 0.29) is 5.75 Å². The normalized spacial score (nSPS) is 19.4. The lowest BCUT2D eigenvalue weighted by molar-refractivity contribution is 0.00578. The maximum absolute atomic E-state index is 10.1. The van der Waals surface area contributed by atoms with Crippen LogP contribution < -0.4 is 0 Å². The minimum absolute atomic E-state index is 0.136. The SMILES string of the molecule is CC1(C)OB(C(=Cc2ccc(O)c(-c3ccno3)c2)CS)OC1(C)C. The van der Waals surface area contributed by atoms with E-state index in [1.807, 2.05) is 45.9 Å². The van der Waals surface area contributed by atoms with Gasteiger partial charge in [0.15, 0.2) is 5.76 Å². The van der Waals surface area contributed by atoms with Gasteiger partial charge in [-0.3, -0.25) is 0 Å². The number of thiol groups is 1. The number of rotatable bonds is 4. The van der Waals surface area contributed by atoms with E-state index in [2.05, 4.69) is 17.8 Å². The lowest BCUT2D eigenvalue weighted by Crippen LogP contribution is -2.41. The zero-order chi connectivity index (χ0) is 18.2. The number of phenolic OH excluding ortho intramolecular Hbond substituents is 1. The standard InChI is InChI=1S/C18H22BNO4S/c1-17(2)18(3,4)24-19(23-17)13(11-25)9-12-5-6-15(21)14(10-12)16-7-8-20-22-16/h5-10,21,25H,11H2,1-4H3. The van der Waals surface area contributed by atoms with Crippen LogP contribution in [0.4, 0.5) is 0 Å². The molecule has 1 aromatic heterocycles. The molecule has 1 saturated heterocycles. The maximum Gasteiger partial charge on any atom is 0.491 e. The van der Waals surface area contributed by atoms with Gasteiger partial charge in [-0.05, 0) is 50.9 Å². The van der Waals surface area contributed by atoms with Gasteiger partial charge in [-0.15, -0.1) is 0 Å². The number of nitrogens with zero attached hydrogens (tertiary/aromatic N) is 1. The van der Waals surface area contributed by atoms with Crippen LogP contribution in [0.25, 0.3) is 17.4 Å². The molecule has 1 aromatic carbocycles. The van der Waals surface area contributed by atoms with E-state index in [0.29, 0.717) is 17.1 Å². The summed E-state index contributed by atoms with van der Waals surface area (Å²) in [6.07, 6.45) is 3.51. The highest BCUT2D eigenvalue weighted by Crippen LogP contribution is 2.39. The van der Waals surface area contributed by atoms with Gasteiger partial charge in [0.05, 0.1) is 23.0 Å². The van der Waals surface area contributed by atoms with Crippen molar-refractivity contribution in [3.63, 3.8) is 0 Å². The van der Waals surface area contributed by atoms with Crippen LogP contribution in [-0.4, -0.2) is 34.3 Å². The van der Waals surface area contributed by atoms with Crippen molar-refractivity contribution in [2.24, 2.45) is 0 Å². The van der Waals surface area contributed by atoms with Gasteiger partial charge >= 0.3 is 7.12 Å². The molecule has 0 saturated carbocycles. The summed E-state index contributed by atoms with van der Waals surface area (Å²) in [5.41, 5.74) is 1.58. The van der Waals surface area contributed by atoms with Crippen LogP contribution in [0.1, 0.15) is 33.3 Å². The Labute approximate surface area is 153 Å². The van der Waals surface area contributed by atoms with Crippen molar-refractivity contribution in [2.75, 3.05) is 5.75 Å². The third-order valence-electron chi connectivity index (χ3n) is 4.81. The van der Waals surface area contributed by atoms with E-state index < -0.39 is 18.3 Å². The summed E-state index contributed by atoms with van der Waals surface area (Å²) in [5.74, 6) is 1.14. The van der Waals surface area contributed by atoms with Crippen LogP contribution in [0.2, 0.25) is 0 Å². The molecule has 2 aromatic rings. The van der Waals surface area contributed by atoms with E-state index >= 15 is 0 Å². The fourth-order valence-corrected chi connectivity index (χ4v) is 2.83. The summed E-state index contributed by atoms with van der Waals surface area (Å²) in [6, 6.07) is 6.99. The van der Waals surface area contributed by atoms with Gasteiger partial charge < -0.3 is 18.9 Å². The first kappa shape index (κ1) is 18.1. The summed E-state index contributed by atoms with van der Waals surface area (Å²) < 4.78 is 17.3. The monoisotopic (exact) mass is 359 g/mol. The highest BCUT2D eigenvalue weighted by molar-refractivity contribution is 7.80. The molecule has 0 radical (unpaired) electrons. The lowest BCUT2D eigenvalue weighted by Gasteiger charge is -2.32. The molecule has 0 aliphatic carbocycles. The van der Waals surface area contributed by atoms with Gasteiger partial charge in [-0.25, -0.2) is 0 Å². The summed E-state index contributed by atoms with van der Waals surface area (Å²) in [7, 11) is -0.454. The van der Waals surface area contributed by atoms with Crippen molar-refractivity contribution in [1.29, 1.82) is 0 Å². The maximum atomic E-state index is 10.1. The summed E-state index contributed by atoms with van der Waals surface area (Å²) in [4.78, 5) is 0. The second-order valence-electron chi connectivity index (χ2n) is 7.12. The molecule has 1 fully saturated rings. The Morgan fingerprint density at radius 3 is 2.44 bits per heavy atom. The second-order valence-corrected chi connectivity index (χ2v) is 7.44. The number of phenols is 1. The Morgan fingerprint density at radius 2 is 1.88 bits per heavy atom. The van der Waals surface area contributed by atoms with Crippen LogP contribution in [0.15, 0.2) is 40.5 Å². The number of benzene rings is 1. The fourth-order valence-electron chi connectivity index (χ4n) is 2.59. The van der Waals surface area contributed by atoms with Gasteiger partial charge in [0.25, 0.3) is 0 Å². The highest BCUT2D eigenvalue weighted by Gasteiger charge is 2.52. The molecule has 0 atom stereocenters. The quantitative estimate of drug-likeness (QED) is 0.638. The second kappa shape index (κ2) is 6.55. The van der Waals surface area contributed by atoms with Gasteiger partial charge in [0, 0.05) is 11.8 Å². The number of aromatic nitrogens is 1. The van der Waals surface area contributed by atoms with Crippen molar-refractivity contribution < 1.29 is 18.9 Å². The molecule has 2 heterocycles. The zero-order valence-corrected chi connectivity index (χ0v) is 15.7. The predicted octanol–water partition coefficient (Wildman–Crippen LogP) is 3.99. The van der Waals surface area contributed by atoms with Gasteiger partial charge in [0.2, 0.25) is 0 Å². The smallest absolute Gasteiger partial charge is 0.491 e. The average molecular weight is 359 g/mol. The van der Waals surface area contributed by atoms with Gasteiger partial charge in [0.1, 0.15) is 5.75 Å². The van der Waals surface area contributed by atoms with E-state index in [4.69, 9.17) is 13.8 Å². The summed E-state index contributed by atoms with van der Waals surface area (Å²) >= 11 is 4.43. The molecule has 1 N–H and O–H groups in total. The first-order valence-corrected chi connectivity index (χ1v) is 8.78. The number of hydrogen-bond donors (Lipinski definition) is 2. The predicted molar refractivity (Wildman–Crippen MR) is 102 cm³/mol. The molecule has 5 nitrogen and oxygen atoms in total. The molecule has 132 valence electrons. The van der Waals surface area contributed by atoms with E-state index in [0.717, 1.165) is 11.0 Å². The first-order chi connectivity index (χ1) is 11.7. The minimum atomic E-state index is -0.454. The molecule has 7 heteroatoms. The third kappa shape index (κ3) is 3.49. The highest BCUT2D eigenvalue weighted by atomic mass is 32.1. The zero-order valence-electron chi connectivity index (χ0n) is 14.8. The van der Waals surface area contributed by atoms with Crippen LogP contribution in [0, 0.1) is 0 Å². The Balaban J connectivity index is 1.92. The number of aromatic hydroxyl groups is 1. The molecule has 1 aliphatic rings. The van der Waals surface area contributed by atoms with Crippen LogP contribution in [0.5, 0.6) is 5.75 Å². The van der Waals surface area contributed by atoms with E-state index in [1.165, 1.54) is 0 Å². The fraction of sp³-hybridized carbons (Fsp3) is 0.389. The summed E-state index contributed by atoms with van der Waals surface area (Å²) in [5, 5.41) is 13.8. The molecular weight excluding hydrogens is 337 g/mol. The molecule has 0 bridgehead atoms. The molecule has 0 spiro atoms. The van der Waals surface area contributed by atoms with Crippen LogP contribution in [0.3, 0.4) is 0 Å². The Bertz CT molecular complexity index is 770. The Hall–Kier alpha value is -1.70. The van der Waals surface area contributed by atoms with E-state index in [9.17, 15) is 5.11 Å². The molecule has 0 unspecified atom stereocenters. The molecular formula is C18H22BNO4S. The lowest BCUT2D eigenvalue weighted by atomic mass is 9.78. The average Bonchev–Trinajstić information content (AvgIpc) is 3.13. The molecule has 1 aliphatic heterocycles. The van der Waals surface area contributed by atoms with Crippen molar-refractivity contribution in [3.05, 3.63) is 41.5 Å². The number of hydrogen-bond acceptors (Lipinski definition) is 6. The third-order valence-corrected chi connectivity index (χ3v) is 5.18. The van der Waals surface area contributed by atoms with Gasteiger partial charge in [-0.1, -0.05) is 17.3 Å². The minimum Gasteiger partial charge on any atom is -0.507 e. The Morgan fingerprint density at radius 1 is 1.20 bits per heavy atom. The van der Waals surface area contributed by atoms with Gasteiger partial charge in [-0.2, -0.15) is 12.6 Å². The topological polar surface area (TPSA) is 64.7 Å². The largest absolute Gasteiger partial charge is 0.507 e. The summed E-state index contributed by atoms with van der Waals surface area (Å²) in [6.45, 7) is 8.08. The van der Waals surface area contributed by atoms with Crippen molar-refractivity contribution >= 4 is 25.8 Å². The van der Waals surface area contributed by atoms with Crippen molar-refractivity contribution in [1.82, 2.24) is 5.16 Å². The molecule has 25 heavy (non-hydrogen) atoms. The van der Waals surface area contributed by atoms with Crippen molar-refractivity contribution in [3.8, 4) is 17.1 Å². The molecule has 3 rings (SSSR count). The van der Waals surface area contributed by atoms with Crippen molar-refractivity contribution in [2.45, 2.75) is 38.9 Å². The van der Waals surface area contributed by atoms with Crippen LogP contribution >= 0.6 is 12.6 Å². The van der Waals surface area contributed by atoms with Crippen LogP contribution in [-0.2, 0) is 9.31 Å². The van der Waals surface area contributed by atoms with E-state index in [1.54, 1.807) is 18.3 Å². The Kier molecular flexibility index (Phi) is 4.75. The first-order valence-electron chi connectivity index (χ1n) is 8.14. The molecule has 0 amide bonds.